The van der Waals surface area contributed by atoms with Gasteiger partial charge in [-0.2, -0.15) is 0 Å². The molecule has 1 unspecified atom stereocenters. The number of nitrogens with zero attached hydrogens (tertiary/aromatic N) is 1. The Morgan fingerprint density at radius 2 is 1.75 bits per heavy atom. The van der Waals surface area contributed by atoms with Gasteiger partial charge in [-0.05, 0) is 35.2 Å². The van der Waals surface area contributed by atoms with Crippen LogP contribution in [0.1, 0.15) is 35.6 Å². The first-order valence-electron chi connectivity index (χ1n) is 8.29. The number of fused-ring (bicyclic) bond motifs is 1. The van der Waals surface area contributed by atoms with Crippen LogP contribution in [-0.2, 0) is 16.0 Å². The largest absolute Gasteiger partial charge is 0.331 e. The van der Waals surface area contributed by atoms with Gasteiger partial charge < -0.3 is 4.90 Å². The van der Waals surface area contributed by atoms with E-state index in [4.69, 9.17) is 0 Å². The lowest BCUT2D eigenvalue weighted by Gasteiger charge is -2.40. The van der Waals surface area contributed by atoms with E-state index in [1.807, 2.05) is 23.1 Å². The molecule has 0 saturated heterocycles. The second-order valence-electron chi connectivity index (χ2n) is 6.58. The summed E-state index contributed by atoms with van der Waals surface area (Å²) in [5.74, 6) is -0.279. The molecule has 24 heavy (non-hydrogen) atoms. The standard InChI is InChI=1S/C20H18FNO2/c21-16-7-5-14(6-8-16)19-18-4-2-1-3-13(18)9-10-22(19)20(24)15-11-17(23)12-15/h1-8,15,19H,9-12H2. The lowest BCUT2D eigenvalue weighted by Crippen LogP contribution is -2.47. The maximum Gasteiger partial charge on any atom is 0.227 e. The third-order valence-electron chi connectivity index (χ3n) is 5.05. The minimum absolute atomic E-state index is 0.0402. The molecule has 0 N–H and O–H groups in total. The summed E-state index contributed by atoms with van der Waals surface area (Å²) >= 11 is 0. The van der Waals surface area contributed by atoms with Crippen LogP contribution in [0.25, 0.3) is 0 Å². The van der Waals surface area contributed by atoms with Gasteiger partial charge in [-0.3, -0.25) is 9.59 Å². The van der Waals surface area contributed by atoms with Crippen LogP contribution in [0.4, 0.5) is 4.39 Å². The van der Waals surface area contributed by atoms with Gasteiger partial charge in [-0.1, -0.05) is 36.4 Å². The minimum Gasteiger partial charge on any atom is -0.331 e. The molecule has 1 aliphatic heterocycles. The van der Waals surface area contributed by atoms with Crippen molar-refractivity contribution in [1.82, 2.24) is 4.90 Å². The van der Waals surface area contributed by atoms with Gasteiger partial charge >= 0.3 is 0 Å². The quantitative estimate of drug-likeness (QED) is 0.850. The Morgan fingerprint density at radius 3 is 2.46 bits per heavy atom. The molecule has 2 aliphatic rings. The van der Waals surface area contributed by atoms with E-state index in [2.05, 4.69) is 6.07 Å². The monoisotopic (exact) mass is 323 g/mol. The number of Topliss-reactive ketones (excluding diaryl/α,β-unsaturated/α-hetero) is 1. The van der Waals surface area contributed by atoms with Crippen LogP contribution < -0.4 is 0 Å². The van der Waals surface area contributed by atoms with E-state index in [1.165, 1.54) is 17.7 Å². The van der Waals surface area contributed by atoms with Gasteiger partial charge in [0.05, 0.1) is 12.0 Å². The first-order valence-corrected chi connectivity index (χ1v) is 8.29. The Bertz CT molecular complexity index is 792. The summed E-state index contributed by atoms with van der Waals surface area (Å²) in [6.07, 6.45) is 1.51. The normalized spacial score (nSPS) is 20.5. The van der Waals surface area contributed by atoms with Crippen molar-refractivity contribution in [1.29, 1.82) is 0 Å². The van der Waals surface area contributed by atoms with E-state index in [0.29, 0.717) is 19.4 Å². The Kier molecular flexibility index (Phi) is 3.68. The summed E-state index contributed by atoms with van der Waals surface area (Å²) in [4.78, 5) is 26.0. The smallest absolute Gasteiger partial charge is 0.227 e. The van der Waals surface area contributed by atoms with Crippen molar-refractivity contribution in [2.75, 3.05) is 6.54 Å². The Hall–Kier alpha value is -2.49. The molecule has 2 aromatic carbocycles. The molecule has 122 valence electrons. The highest BCUT2D eigenvalue weighted by Crippen LogP contribution is 2.38. The SMILES string of the molecule is O=C1CC(C(=O)N2CCc3ccccc3C2c2ccc(F)cc2)C1. The lowest BCUT2D eigenvalue weighted by molar-refractivity contribution is -0.146. The predicted molar refractivity (Wildman–Crippen MR) is 87.8 cm³/mol. The molecule has 2 aromatic rings. The average Bonchev–Trinajstić information content (AvgIpc) is 2.58. The zero-order valence-corrected chi connectivity index (χ0v) is 13.2. The summed E-state index contributed by atoms with van der Waals surface area (Å²) in [7, 11) is 0. The third-order valence-corrected chi connectivity index (χ3v) is 5.05. The highest BCUT2D eigenvalue weighted by Gasteiger charge is 2.40. The van der Waals surface area contributed by atoms with E-state index < -0.39 is 0 Å². The molecule has 1 saturated carbocycles. The van der Waals surface area contributed by atoms with Crippen LogP contribution in [-0.4, -0.2) is 23.1 Å². The second kappa shape index (κ2) is 5.86. The van der Waals surface area contributed by atoms with Gasteiger partial charge in [-0.25, -0.2) is 4.39 Å². The third kappa shape index (κ3) is 2.52. The topological polar surface area (TPSA) is 37.4 Å². The van der Waals surface area contributed by atoms with Crippen molar-refractivity contribution in [3.05, 3.63) is 71.0 Å². The van der Waals surface area contributed by atoms with Crippen molar-refractivity contribution in [3.63, 3.8) is 0 Å². The Balaban J connectivity index is 1.74. The van der Waals surface area contributed by atoms with Gasteiger partial charge in [0.2, 0.25) is 5.91 Å². The van der Waals surface area contributed by atoms with Crippen molar-refractivity contribution < 1.29 is 14.0 Å². The summed E-state index contributed by atoms with van der Waals surface area (Å²) in [5, 5.41) is 0. The first kappa shape index (κ1) is 15.1. The van der Waals surface area contributed by atoms with E-state index in [1.54, 1.807) is 12.1 Å². The lowest BCUT2D eigenvalue weighted by atomic mass is 9.80. The zero-order valence-electron chi connectivity index (χ0n) is 13.2. The average molecular weight is 323 g/mol. The van der Waals surface area contributed by atoms with Gasteiger partial charge in [0, 0.05) is 19.4 Å². The van der Waals surface area contributed by atoms with Crippen molar-refractivity contribution in [3.8, 4) is 0 Å². The Morgan fingerprint density at radius 1 is 1.04 bits per heavy atom. The van der Waals surface area contributed by atoms with Gasteiger partial charge in [-0.15, -0.1) is 0 Å². The molecule has 1 aliphatic carbocycles. The maximum absolute atomic E-state index is 13.3. The number of amides is 1. The highest BCUT2D eigenvalue weighted by atomic mass is 19.1. The van der Waals surface area contributed by atoms with E-state index in [0.717, 1.165) is 17.5 Å². The van der Waals surface area contributed by atoms with Crippen molar-refractivity contribution in [2.45, 2.75) is 25.3 Å². The number of carbonyl (C=O) groups excluding carboxylic acids is 2. The fourth-order valence-corrected chi connectivity index (χ4v) is 3.71. The minimum atomic E-state index is -0.287. The van der Waals surface area contributed by atoms with Crippen molar-refractivity contribution in [2.24, 2.45) is 5.92 Å². The van der Waals surface area contributed by atoms with E-state index in [9.17, 15) is 14.0 Å². The van der Waals surface area contributed by atoms with E-state index in [-0.39, 0.29) is 29.5 Å². The molecule has 4 rings (SSSR count). The predicted octanol–water partition coefficient (Wildman–Crippen LogP) is 3.28. The van der Waals surface area contributed by atoms with Crippen LogP contribution in [0, 0.1) is 11.7 Å². The zero-order chi connectivity index (χ0) is 16.7. The number of rotatable bonds is 2. The fraction of sp³-hybridized carbons (Fsp3) is 0.300. The fourth-order valence-electron chi connectivity index (χ4n) is 3.71. The molecule has 0 bridgehead atoms. The van der Waals surface area contributed by atoms with Crippen LogP contribution in [0.2, 0.25) is 0 Å². The molecule has 0 aromatic heterocycles. The molecule has 0 radical (unpaired) electrons. The van der Waals surface area contributed by atoms with E-state index >= 15 is 0 Å². The number of hydrogen-bond acceptors (Lipinski definition) is 2. The molecule has 4 heteroatoms. The number of halogens is 1. The molecule has 1 heterocycles. The molecular weight excluding hydrogens is 305 g/mol. The van der Waals surface area contributed by atoms with Crippen LogP contribution >= 0.6 is 0 Å². The maximum atomic E-state index is 13.3. The molecular formula is C20H18FNO2. The molecule has 3 nitrogen and oxygen atoms in total. The molecule has 1 amide bonds. The highest BCUT2D eigenvalue weighted by molar-refractivity contribution is 5.96. The van der Waals surface area contributed by atoms with Gasteiger partial charge in [0.15, 0.2) is 0 Å². The van der Waals surface area contributed by atoms with Crippen LogP contribution in [0.15, 0.2) is 48.5 Å². The molecule has 1 fully saturated rings. The summed E-state index contributed by atoms with van der Waals surface area (Å²) in [6.45, 7) is 0.628. The second-order valence-corrected chi connectivity index (χ2v) is 6.58. The Labute approximate surface area is 140 Å². The summed E-state index contributed by atoms with van der Waals surface area (Å²) in [5.41, 5.74) is 3.22. The first-order chi connectivity index (χ1) is 11.6. The summed E-state index contributed by atoms with van der Waals surface area (Å²) in [6, 6.07) is 14.2. The van der Waals surface area contributed by atoms with Crippen LogP contribution in [0.3, 0.4) is 0 Å². The van der Waals surface area contributed by atoms with Gasteiger partial charge in [0.1, 0.15) is 11.6 Å². The number of benzene rings is 2. The van der Waals surface area contributed by atoms with Crippen LogP contribution in [0.5, 0.6) is 0 Å². The molecule has 1 atom stereocenters. The molecule has 0 spiro atoms. The van der Waals surface area contributed by atoms with Gasteiger partial charge in [0.25, 0.3) is 0 Å². The number of ketones is 1. The number of carbonyl (C=O) groups is 2. The summed E-state index contributed by atoms with van der Waals surface area (Å²) < 4.78 is 13.3. The number of hydrogen-bond donors (Lipinski definition) is 0. The van der Waals surface area contributed by atoms with Crippen molar-refractivity contribution >= 4 is 11.7 Å².